The molecule has 0 rings (SSSR count). The van der Waals surface area contributed by atoms with Gasteiger partial charge in [-0.05, 0) is 31.8 Å². The van der Waals surface area contributed by atoms with E-state index < -0.39 is 0 Å². The highest BCUT2D eigenvalue weighted by atomic mass is 32.2. The van der Waals surface area contributed by atoms with Gasteiger partial charge in [-0.3, -0.25) is 0 Å². The van der Waals surface area contributed by atoms with Crippen LogP contribution in [0, 0.1) is 0 Å². The van der Waals surface area contributed by atoms with Crippen molar-refractivity contribution in [3.05, 3.63) is 46.8 Å². The summed E-state index contributed by atoms with van der Waals surface area (Å²) in [6.07, 6.45) is 10.0. The highest BCUT2D eigenvalue weighted by molar-refractivity contribution is 8.06. The van der Waals surface area contributed by atoms with Gasteiger partial charge in [-0.25, -0.2) is 0 Å². The van der Waals surface area contributed by atoms with Crippen molar-refractivity contribution in [1.29, 1.82) is 0 Å². The maximum Gasteiger partial charge on any atom is 0.0115 e. The molecule has 0 aliphatic rings. The van der Waals surface area contributed by atoms with Gasteiger partial charge in [0.05, 0.1) is 0 Å². The molecule has 0 nitrogen and oxygen atoms in total. The predicted octanol–water partition coefficient (Wildman–Crippen LogP) is 4.29. The summed E-state index contributed by atoms with van der Waals surface area (Å²) in [7, 11) is 0. The molecule has 0 spiro atoms. The average Bonchev–Trinajstić information content (AvgIpc) is 2.05. The Hall–Kier alpha value is -0.690. The summed E-state index contributed by atoms with van der Waals surface area (Å²) in [5, 5.41) is 0. The average molecular weight is 180 g/mol. The lowest BCUT2D eigenvalue weighted by Crippen LogP contribution is -1.70. The fraction of sp³-hybridized carbons (Fsp3) is 0.273. The van der Waals surface area contributed by atoms with Crippen LogP contribution in [0.1, 0.15) is 20.8 Å². The van der Waals surface area contributed by atoms with Gasteiger partial charge >= 0.3 is 0 Å². The summed E-state index contributed by atoms with van der Waals surface area (Å²) in [5.74, 6) is 0. The lowest BCUT2D eigenvalue weighted by molar-refractivity contribution is 1.59. The van der Waals surface area contributed by atoms with Gasteiger partial charge in [0.1, 0.15) is 0 Å². The molecule has 0 N–H and O–H groups in total. The molecule has 12 heavy (non-hydrogen) atoms. The zero-order valence-corrected chi connectivity index (χ0v) is 8.82. The van der Waals surface area contributed by atoms with Gasteiger partial charge in [-0.1, -0.05) is 42.6 Å². The van der Waals surface area contributed by atoms with E-state index in [1.807, 2.05) is 32.1 Å². The normalized spacial score (nSPS) is 13.9. The van der Waals surface area contributed by atoms with Crippen molar-refractivity contribution in [2.24, 2.45) is 0 Å². The Morgan fingerprint density at radius 3 is 2.42 bits per heavy atom. The molecular weight excluding hydrogens is 164 g/mol. The molecule has 0 aliphatic heterocycles. The second-order valence-corrected chi connectivity index (χ2v) is 3.63. The van der Waals surface area contributed by atoms with E-state index in [1.54, 1.807) is 11.8 Å². The van der Waals surface area contributed by atoms with Gasteiger partial charge in [0.25, 0.3) is 0 Å². The molecule has 0 aliphatic carbocycles. The molecule has 0 saturated carbocycles. The van der Waals surface area contributed by atoms with Crippen LogP contribution in [0.15, 0.2) is 46.8 Å². The van der Waals surface area contributed by atoms with E-state index in [2.05, 4.69) is 25.7 Å². The van der Waals surface area contributed by atoms with Gasteiger partial charge < -0.3 is 0 Å². The molecule has 0 amide bonds. The van der Waals surface area contributed by atoms with Crippen LogP contribution in [0.4, 0.5) is 0 Å². The van der Waals surface area contributed by atoms with Gasteiger partial charge in [0.2, 0.25) is 0 Å². The summed E-state index contributed by atoms with van der Waals surface area (Å²) >= 11 is 1.76. The smallest absolute Gasteiger partial charge is 0.0115 e. The third kappa shape index (κ3) is 5.03. The molecule has 1 heteroatoms. The lowest BCUT2D eigenvalue weighted by Gasteiger charge is -1.99. The monoisotopic (exact) mass is 180 g/mol. The van der Waals surface area contributed by atoms with E-state index in [1.165, 1.54) is 9.81 Å². The number of thioether (sulfide) groups is 1. The van der Waals surface area contributed by atoms with E-state index in [-0.39, 0.29) is 0 Å². The Bertz CT molecular complexity index is 219. The molecule has 0 bridgehead atoms. The van der Waals surface area contributed by atoms with Crippen LogP contribution in [-0.2, 0) is 0 Å². The standard InChI is InChI=1S/C11H16S/c1-5-8-11(9-6-2)12-10(4)7-3/h5-9H,1H2,2-4H3/b9-6-,10-7+,11-8+. The molecular formula is C11H16S. The predicted molar refractivity (Wildman–Crippen MR) is 60.1 cm³/mol. The Morgan fingerprint density at radius 1 is 1.33 bits per heavy atom. The van der Waals surface area contributed by atoms with Crippen LogP contribution in [0.2, 0.25) is 0 Å². The van der Waals surface area contributed by atoms with E-state index >= 15 is 0 Å². The molecule has 0 atom stereocenters. The molecule has 0 unspecified atom stereocenters. The maximum atomic E-state index is 3.67. The fourth-order valence-corrected chi connectivity index (χ4v) is 1.51. The number of rotatable bonds is 4. The van der Waals surface area contributed by atoms with Gasteiger partial charge in [0, 0.05) is 4.91 Å². The van der Waals surface area contributed by atoms with Crippen LogP contribution < -0.4 is 0 Å². The largest absolute Gasteiger partial charge is 0.0990 e. The van der Waals surface area contributed by atoms with Crippen LogP contribution in [0.5, 0.6) is 0 Å². The Labute approximate surface area is 79.8 Å². The molecule has 0 heterocycles. The molecule has 0 radical (unpaired) electrons. The third-order valence-electron chi connectivity index (χ3n) is 1.30. The second kappa shape index (κ2) is 6.99. The van der Waals surface area contributed by atoms with Gasteiger partial charge in [0.15, 0.2) is 0 Å². The summed E-state index contributed by atoms with van der Waals surface area (Å²) < 4.78 is 0. The zero-order chi connectivity index (χ0) is 9.40. The van der Waals surface area contributed by atoms with Crippen molar-refractivity contribution >= 4 is 11.8 Å². The summed E-state index contributed by atoms with van der Waals surface area (Å²) in [4.78, 5) is 2.53. The number of hydrogen-bond donors (Lipinski definition) is 0. The molecule has 0 aromatic rings. The number of allylic oxidation sites excluding steroid dienone is 6. The van der Waals surface area contributed by atoms with Crippen molar-refractivity contribution < 1.29 is 0 Å². The fourth-order valence-electron chi connectivity index (χ4n) is 0.649. The van der Waals surface area contributed by atoms with Crippen LogP contribution in [-0.4, -0.2) is 0 Å². The summed E-state index contributed by atoms with van der Waals surface area (Å²) in [5.41, 5.74) is 0. The SMILES string of the molecule is C=C/C=C(\C=C/C)S/C(C)=C/C. The van der Waals surface area contributed by atoms with E-state index in [9.17, 15) is 0 Å². The first-order chi connectivity index (χ1) is 5.74. The number of hydrogen-bond acceptors (Lipinski definition) is 1. The Kier molecular flexibility index (Phi) is 6.58. The lowest BCUT2D eigenvalue weighted by atomic mass is 10.4. The second-order valence-electron chi connectivity index (χ2n) is 2.31. The third-order valence-corrected chi connectivity index (χ3v) is 2.36. The van der Waals surface area contributed by atoms with Gasteiger partial charge in [-0.2, -0.15) is 0 Å². The van der Waals surface area contributed by atoms with Crippen LogP contribution in [0.25, 0.3) is 0 Å². The molecule has 0 fully saturated rings. The van der Waals surface area contributed by atoms with Crippen LogP contribution in [0.3, 0.4) is 0 Å². The van der Waals surface area contributed by atoms with E-state index in [0.717, 1.165) is 0 Å². The highest BCUT2D eigenvalue weighted by Crippen LogP contribution is 2.25. The highest BCUT2D eigenvalue weighted by Gasteiger charge is 1.92. The van der Waals surface area contributed by atoms with E-state index in [4.69, 9.17) is 0 Å². The first-order valence-corrected chi connectivity index (χ1v) is 4.82. The first-order valence-electron chi connectivity index (χ1n) is 4.00. The van der Waals surface area contributed by atoms with Crippen LogP contribution >= 0.6 is 11.8 Å². The topological polar surface area (TPSA) is 0 Å². The zero-order valence-electron chi connectivity index (χ0n) is 8.00. The van der Waals surface area contributed by atoms with Gasteiger partial charge in [-0.15, -0.1) is 0 Å². The quantitative estimate of drug-likeness (QED) is 0.582. The van der Waals surface area contributed by atoms with Crippen molar-refractivity contribution in [1.82, 2.24) is 0 Å². The molecule has 66 valence electrons. The minimum atomic E-state index is 1.23. The minimum Gasteiger partial charge on any atom is -0.0990 e. The molecule has 0 aromatic heterocycles. The van der Waals surface area contributed by atoms with Crippen molar-refractivity contribution in [3.8, 4) is 0 Å². The van der Waals surface area contributed by atoms with E-state index in [0.29, 0.717) is 0 Å². The Balaban J connectivity index is 4.34. The summed E-state index contributed by atoms with van der Waals surface area (Å²) in [6.45, 7) is 9.84. The minimum absolute atomic E-state index is 1.23. The van der Waals surface area contributed by atoms with Crippen molar-refractivity contribution in [3.63, 3.8) is 0 Å². The van der Waals surface area contributed by atoms with Crippen molar-refractivity contribution in [2.75, 3.05) is 0 Å². The first kappa shape index (κ1) is 11.3. The maximum absolute atomic E-state index is 3.67. The van der Waals surface area contributed by atoms with Crippen molar-refractivity contribution in [2.45, 2.75) is 20.8 Å². The Morgan fingerprint density at radius 2 is 2.00 bits per heavy atom. The summed E-state index contributed by atoms with van der Waals surface area (Å²) in [6, 6.07) is 0. The molecule has 0 aromatic carbocycles. The molecule has 0 saturated heterocycles.